The fourth-order valence-electron chi connectivity index (χ4n) is 3.13. The highest BCUT2D eigenvalue weighted by Gasteiger charge is 2.31. The maximum absolute atomic E-state index is 12.7. The van der Waals surface area contributed by atoms with Gasteiger partial charge in [-0.05, 0) is 30.7 Å². The van der Waals surface area contributed by atoms with Gasteiger partial charge in [-0.25, -0.2) is 4.98 Å². The minimum atomic E-state index is -0.542. The molecule has 1 aliphatic rings. The lowest BCUT2D eigenvalue weighted by atomic mass is 9.89. The molecule has 0 aliphatic carbocycles. The summed E-state index contributed by atoms with van der Waals surface area (Å²) in [5.74, 6) is -0.245. The highest BCUT2D eigenvalue weighted by atomic mass is 32.1. The monoisotopic (exact) mass is 370 g/mol. The molecule has 2 amide bonds. The van der Waals surface area contributed by atoms with Crippen molar-refractivity contribution >= 4 is 33.8 Å². The number of imidazole rings is 1. The van der Waals surface area contributed by atoms with Gasteiger partial charge in [0.25, 0.3) is 0 Å². The molecule has 4 rings (SSSR count). The number of hydrogen-bond acceptors (Lipinski definition) is 5. The first-order valence-electron chi connectivity index (χ1n) is 8.22. The molecular formula is C18H18N4O3S. The van der Waals surface area contributed by atoms with Crippen molar-refractivity contribution in [1.82, 2.24) is 14.7 Å². The van der Waals surface area contributed by atoms with E-state index in [1.54, 1.807) is 36.6 Å². The molecular weight excluding hydrogens is 352 g/mol. The van der Waals surface area contributed by atoms with Gasteiger partial charge in [0.1, 0.15) is 5.75 Å². The van der Waals surface area contributed by atoms with E-state index in [2.05, 4.69) is 15.6 Å². The third-order valence-corrected chi connectivity index (χ3v) is 5.45. The first-order valence-corrected chi connectivity index (χ1v) is 9.10. The van der Waals surface area contributed by atoms with E-state index in [0.29, 0.717) is 18.0 Å². The quantitative estimate of drug-likeness (QED) is 0.739. The van der Waals surface area contributed by atoms with Crippen LogP contribution in [0, 0.1) is 6.92 Å². The first-order chi connectivity index (χ1) is 12.5. The Bertz CT molecular complexity index is 1010. The summed E-state index contributed by atoms with van der Waals surface area (Å²) in [5.41, 5.74) is 3.32. The maximum Gasteiger partial charge on any atom is 0.228 e. The summed E-state index contributed by atoms with van der Waals surface area (Å²) in [6.07, 6.45) is 2.04. The van der Waals surface area contributed by atoms with E-state index < -0.39 is 5.92 Å². The Kier molecular flexibility index (Phi) is 4.12. The molecule has 134 valence electrons. The molecule has 26 heavy (non-hydrogen) atoms. The van der Waals surface area contributed by atoms with Crippen LogP contribution in [0.3, 0.4) is 0 Å². The van der Waals surface area contributed by atoms with Crippen LogP contribution in [0.1, 0.15) is 29.3 Å². The molecule has 0 saturated heterocycles. The Morgan fingerprint density at radius 3 is 3.12 bits per heavy atom. The lowest BCUT2D eigenvalue weighted by molar-refractivity contribution is -0.126. The molecule has 2 N–H and O–H groups in total. The highest BCUT2D eigenvalue weighted by molar-refractivity contribution is 7.15. The Morgan fingerprint density at radius 2 is 2.35 bits per heavy atom. The van der Waals surface area contributed by atoms with Gasteiger partial charge in [-0.3, -0.25) is 14.0 Å². The first kappa shape index (κ1) is 16.6. The van der Waals surface area contributed by atoms with Crippen molar-refractivity contribution in [2.24, 2.45) is 0 Å². The SMILES string of the molecule is COc1ccc2c(c1)[C@H](C(=O)NCc1cn3c(C)csc3n1)CC(=O)N2. The van der Waals surface area contributed by atoms with E-state index in [-0.39, 0.29) is 18.2 Å². The summed E-state index contributed by atoms with van der Waals surface area (Å²) in [6, 6.07) is 5.33. The van der Waals surface area contributed by atoms with Gasteiger partial charge in [0, 0.05) is 29.4 Å². The molecule has 0 spiro atoms. The van der Waals surface area contributed by atoms with Crippen molar-refractivity contribution < 1.29 is 14.3 Å². The predicted octanol–water partition coefficient (Wildman–Crippen LogP) is 2.46. The van der Waals surface area contributed by atoms with Crippen molar-refractivity contribution in [2.45, 2.75) is 25.8 Å². The zero-order valence-electron chi connectivity index (χ0n) is 14.4. The highest BCUT2D eigenvalue weighted by Crippen LogP contribution is 2.35. The number of carbonyl (C=O) groups excluding carboxylic acids is 2. The lowest BCUT2D eigenvalue weighted by Gasteiger charge is -2.25. The molecule has 1 aromatic carbocycles. The summed E-state index contributed by atoms with van der Waals surface area (Å²) in [4.78, 5) is 30.1. The molecule has 0 saturated carbocycles. The predicted molar refractivity (Wildman–Crippen MR) is 98.6 cm³/mol. The molecule has 1 aliphatic heterocycles. The molecule has 7 nitrogen and oxygen atoms in total. The van der Waals surface area contributed by atoms with E-state index >= 15 is 0 Å². The van der Waals surface area contributed by atoms with Crippen molar-refractivity contribution in [3.8, 4) is 5.75 Å². The van der Waals surface area contributed by atoms with Gasteiger partial charge in [0.05, 0.1) is 25.3 Å². The standard InChI is InChI=1S/C18H18N4O3S/c1-10-9-26-18-20-11(8-22(10)18)7-19-17(24)14-6-16(23)21-15-4-3-12(25-2)5-13(14)15/h3-5,8-9,14H,6-7H2,1-2H3,(H,19,24)(H,21,23)/t14-/m1/s1. The van der Waals surface area contributed by atoms with E-state index in [0.717, 1.165) is 21.9 Å². The van der Waals surface area contributed by atoms with E-state index in [4.69, 9.17) is 4.74 Å². The van der Waals surface area contributed by atoms with Crippen LogP contribution in [0.2, 0.25) is 0 Å². The summed E-state index contributed by atoms with van der Waals surface area (Å²) in [7, 11) is 1.57. The van der Waals surface area contributed by atoms with Gasteiger partial charge in [0.15, 0.2) is 4.96 Å². The fourth-order valence-corrected chi connectivity index (χ4v) is 4.00. The molecule has 0 radical (unpaired) electrons. The van der Waals surface area contributed by atoms with E-state index in [9.17, 15) is 9.59 Å². The molecule has 0 fully saturated rings. The van der Waals surface area contributed by atoms with Gasteiger partial charge in [-0.1, -0.05) is 0 Å². The molecule has 1 atom stereocenters. The van der Waals surface area contributed by atoms with E-state index in [1.807, 2.05) is 22.9 Å². The molecule has 8 heteroatoms. The number of thiazole rings is 1. The summed E-state index contributed by atoms with van der Waals surface area (Å²) in [6.45, 7) is 2.34. The zero-order valence-corrected chi connectivity index (χ0v) is 15.2. The minimum absolute atomic E-state index is 0.114. The molecule has 0 unspecified atom stereocenters. The van der Waals surface area contributed by atoms with Gasteiger partial charge in [-0.15, -0.1) is 11.3 Å². The number of nitrogens with one attached hydrogen (secondary N) is 2. The van der Waals surface area contributed by atoms with Gasteiger partial charge in [-0.2, -0.15) is 0 Å². The van der Waals surface area contributed by atoms with Gasteiger partial charge >= 0.3 is 0 Å². The van der Waals surface area contributed by atoms with Crippen LogP contribution in [0.4, 0.5) is 5.69 Å². The van der Waals surface area contributed by atoms with Crippen LogP contribution >= 0.6 is 11.3 Å². The number of aryl methyl sites for hydroxylation is 1. The normalized spacial score (nSPS) is 16.2. The second-order valence-electron chi connectivity index (χ2n) is 6.24. The summed E-state index contributed by atoms with van der Waals surface area (Å²) >= 11 is 1.56. The zero-order chi connectivity index (χ0) is 18.3. The lowest BCUT2D eigenvalue weighted by Crippen LogP contribution is -2.34. The number of rotatable bonds is 4. The number of methoxy groups -OCH3 is 1. The average Bonchev–Trinajstić information content (AvgIpc) is 3.20. The second-order valence-corrected chi connectivity index (χ2v) is 7.07. The summed E-state index contributed by atoms with van der Waals surface area (Å²) in [5, 5.41) is 7.75. The number of carbonyl (C=O) groups is 2. The van der Waals surface area contributed by atoms with Crippen LogP contribution in [0.15, 0.2) is 29.8 Å². The van der Waals surface area contributed by atoms with Crippen molar-refractivity contribution in [3.05, 3.63) is 46.7 Å². The van der Waals surface area contributed by atoms with Gasteiger partial charge in [0.2, 0.25) is 11.8 Å². The van der Waals surface area contributed by atoms with Crippen LogP contribution in [0.25, 0.3) is 4.96 Å². The third kappa shape index (κ3) is 2.92. The van der Waals surface area contributed by atoms with Gasteiger partial charge < -0.3 is 15.4 Å². The van der Waals surface area contributed by atoms with Crippen molar-refractivity contribution in [1.29, 1.82) is 0 Å². The smallest absolute Gasteiger partial charge is 0.228 e. The molecule has 3 aromatic rings. The van der Waals surface area contributed by atoms with Crippen molar-refractivity contribution in [2.75, 3.05) is 12.4 Å². The number of ether oxygens (including phenoxy) is 1. The molecule has 0 bridgehead atoms. The number of anilines is 1. The fraction of sp³-hybridized carbons (Fsp3) is 0.278. The van der Waals surface area contributed by atoms with Crippen LogP contribution in [-0.4, -0.2) is 28.3 Å². The Balaban J connectivity index is 1.53. The number of aromatic nitrogens is 2. The molecule has 3 heterocycles. The second kappa shape index (κ2) is 6.45. The summed E-state index contributed by atoms with van der Waals surface area (Å²) < 4.78 is 7.24. The van der Waals surface area contributed by atoms with E-state index in [1.165, 1.54) is 0 Å². The van der Waals surface area contributed by atoms with Crippen LogP contribution < -0.4 is 15.4 Å². The minimum Gasteiger partial charge on any atom is -0.497 e. The number of amides is 2. The third-order valence-electron chi connectivity index (χ3n) is 4.50. The Labute approximate surface area is 154 Å². The molecule has 2 aromatic heterocycles. The maximum atomic E-state index is 12.7. The largest absolute Gasteiger partial charge is 0.497 e. The number of nitrogens with zero attached hydrogens (tertiary/aromatic N) is 2. The number of hydrogen-bond donors (Lipinski definition) is 2. The van der Waals surface area contributed by atoms with Crippen LogP contribution in [-0.2, 0) is 16.1 Å². The average molecular weight is 370 g/mol. The topological polar surface area (TPSA) is 84.7 Å². The number of fused-ring (bicyclic) bond motifs is 2. The number of benzene rings is 1. The Morgan fingerprint density at radius 1 is 1.50 bits per heavy atom. The Hall–Kier alpha value is -2.87. The van der Waals surface area contributed by atoms with Crippen LogP contribution in [0.5, 0.6) is 5.75 Å². The van der Waals surface area contributed by atoms with Crippen molar-refractivity contribution in [3.63, 3.8) is 0 Å².